The lowest BCUT2D eigenvalue weighted by Gasteiger charge is -2.47. The van der Waals surface area contributed by atoms with Gasteiger partial charge in [0.1, 0.15) is 5.54 Å². The number of amides is 2. The van der Waals surface area contributed by atoms with Crippen LogP contribution >= 0.6 is 11.6 Å². The molecule has 2 N–H and O–H groups in total. The number of primary amides is 1. The third kappa shape index (κ3) is 3.28. The molecule has 1 saturated carbocycles. The fourth-order valence-electron chi connectivity index (χ4n) is 4.00. The summed E-state index contributed by atoms with van der Waals surface area (Å²) in [7, 11) is 0. The second kappa shape index (κ2) is 7.11. The molecule has 2 fully saturated rings. The molecule has 1 saturated heterocycles. The molecule has 0 spiro atoms. The Bertz CT molecular complexity index is 620. The topological polar surface area (TPSA) is 66.6 Å². The molecule has 0 atom stereocenters. The first-order valence-electron chi connectivity index (χ1n) is 8.63. The van der Waals surface area contributed by atoms with Crippen molar-refractivity contribution in [2.75, 3.05) is 26.2 Å². The SMILES string of the molecule is NC(=O)C1(N2CCN(C(=O)c3cccc(Cl)c3)CC2)CCCCC1. The van der Waals surface area contributed by atoms with E-state index in [9.17, 15) is 9.59 Å². The van der Waals surface area contributed by atoms with E-state index in [0.29, 0.717) is 36.8 Å². The molecule has 1 aliphatic heterocycles. The van der Waals surface area contributed by atoms with Gasteiger partial charge in [0.25, 0.3) is 5.91 Å². The number of benzene rings is 1. The summed E-state index contributed by atoms with van der Waals surface area (Å²) < 4.78 is 0. The summed E-state index contributed by atoms with van der Waals surface area (Å²) in [6.07, 6.45) is 4.94. The van der Waals surface area contributed by atoms with Gasteiger partial charge in [-0.25, -0.2) is 0 Å². The van der Waals surface area contributed by atoms with E-state index in [1.807, 2.05) is 4.90 Å². The second-order valence-electron chi connectivity index (χ2n) is 6.75. The Balaban J connectivity index is 1.67. The zero-order chi connectivity index (χ0) is 17.2. The van der Waals surface area contributed by atoms with Crippen molar-refractivity contribution in [2.45, 2.75) is 37.6 Å². The summed E-state index contributed by atoms with van der Waals surface area (Å²) in [5.41, 5.74) is 5.86. The fraction of sp³-hybridized carbons (Fsp3) is 0.556. The van der Waals surface area contributed by atoms with Crippen molar-refractivity contribution in [3.05, 3.63) is 34.9 Å². The maximum absolute atomic E-state index is 12.6. The standard InChI is InChI=1S/C18H24ClN3O2/c19-15-6-4-5-14(13-15)16(23)21-9-11-22(12-10-21)18(17(20)24)7-2-1-3-8-18/h4-6,13H,1-3,7-12H2,(H2,20,24). The molecular formula is C18H24ClN3O2. The number of nitrogens with two attached hydrogens (primary N) is 1. The van der Waals surface area contributed by atoms with Crippen LogP contribution in [0.2, 0.25) is 5.02 Å². The van der Waals surface area contributed by atoms with Crippen LogP contribution in [-0.2, 0) is 4.79 Å². The van der Waals surface area contributed by atoms with Gasteiger partial charge in [-0.2, -0.15) is 0 Å². The molecule has 0 bridgehead atoms. The maximum Gasteiger partial charge on any atom is 0.253 e. The minimum Gasteiger partial charge on any atom is -0.368 e. The molecule has 0 aromatic heterocycles. The van der Waals surface area contributed by atoms with Gasteiger partial charge in [-0.3, -0.25) is 14.5 Å². The fourth-order valence-corrected chi connectivity index (χ4v) is 4.19. The van der Waals surface area contributed by atoms with Crippen molar-refractivity contribution in [1.82, 2.24) is 9.80 Å². The summed E-state index contributed by atoms with van der Waals surface area (Å²) >= 11 is 5.98. The molecule has 1 aromatic rings. The van der Waals surface area contributed by atoms with Crippen LogP contribution in [0, 0.1) is 0 Å². The Labute approximate surface area is 147 Å². The lowest BCUT2D eigenvalue weighted by atomic mass is 9.79. The van der Waals surface area contributed by atoms with Gasteiger partial charge in [-0.15, -0.1) is 0 Å². The molecule has 1 aliphatic carbocycles. The highest BCUT2D eigenvalue weighted by Crippen LogP contribution is 2.34. The average Bonchev–Trinajstić information content (AvgIpc) is 2.61. The van der Waals surface area contributed by atoms with Crippen LogP contribution in [0.3, 0.4) is 0 Å². The minimum absolute atomic E-state index is 0.00563. The Hall–Kier alpha value is -1.59. The van der Waals surface area contributed by atoms with Gasteiger partial charge >= 0.3 is 0 Å². The quantitative estimate of drug-likeness (QED) is 0.910. The van der Waals surface area contributed by atoms with E-state index < -0.39 is 5.54 Å². The summed E-state index contributed by atoms with van der Waals surface area (Å²) in [6.45, 7) is 2.60. The van der Waals surface area contributed by atoms with Gasteiger partial charge in [0, 0.05) is 36.8 Å². The van der Waals surface area contributed by atoms with Crippen LogP contribution in [0.15, 0.2) is 24.3 Å². The van der Waals surface area contributed by atoms with Crippen LogP contribution in [-0.4, -0.2) is 53.3 Å². The summed E-state index contributed by atoms with van der Waals surface area (Å²) in [4.78, 5) is 28.8. The van der Waals surface area contributed by atoms with Gasteiger partial charge in [0.2, 0.25) is 5.91 Å². The van der Waals surface area contributed by atoms with E-state index >= 15 is 0 Å². The maximum atomic E-state index is 12.6. The number of halogens is 1. The van der Waals surface area contributed by atoms with E-state index in [-0.39, 0.29) is 11.8 Å². The number of carbonyl (C=O) groups excluding carboxylic acids is 2. The van der Waals surface area contributed by atoms with Crippen molar-refractivity contribution in [1.29, 1.82) is 0 Å². The minimum atomic E-state index is -0.510. The van der Waals surface area contributed by atoms with E-state index in [1.165, 1.54) is 6.42 Å². The predicted molar refractivity (Wildman–Crippen MR) is 93.9 cm³/mol. The first kappa shape index (κ1) is 17.2. The number of rotatable bonds is 3. The molecule has 3 rings (SSSR count). The number of hydrogen-bond donors (Lipinski definition) is 1. The van der Waals surface area contributed by atoms with E-state index in [4.69, 9.17) is 17.3 Å². The predicted octanol–water partition coefficient (Wildman–Crippen LogP) is 2.29. The zero-order valence-corrected chi connectivity index (χ0v) is 14.6. The van der Waals surface area contributed by atoms with E-state index in [0.717, 1.165) is 25.7 Å². The normalized spacial score (nSPS) is 21.5. The molecule has 1 heterocycles. The molecule has 2 aliphatic rings. The Morgan fingerprint density at radius 3 is 2.29 bits per heavy atom. The Morgan fingerprint density at radius 1 is 1.04 bits per heavy atom. The first-order chi connectivity index (χ1) is 11.5. The van der Waals surface area contributed by atoms with Gasteiger partial charge in [0.05, 0.1) is 0 Å². The summed E-state index contributed by atoms with van der Waals surface area (Å²) in [5.74, 6) is -0.217. The molecule has 5 nitrogen and oxygen atoms in total. The molecule has 6 heteroatoms. The molecule has 130 valence electrons. The Morgan fingerprint density at radius 2 is 1.71 bits per heavy atom. The molecule has 0 radical (unpaired) electrons. The average molecular weight is 350 g/mol. The third-order valence-corrected chi connectivity index (χ3v) is 5.62. The lowest BCUT2D eigenvalue weighted by Crippen LogP contribution is -2.63. The third-order valence-electron chi connectivity index (χ3n) is 5.38. The van der Waals surface area contributed by atoms with E-state index in [2.05, 4.69) is 4.90 Å². The number of piperazine rings is 1. The van der Waals surface area contributed by atoms with Gasteiger partial charge < -0.3 is 10.6 Å². The van der Waals surface area contributed by atoms with Crippen LogP contribution in [0.5, 0.6) is 0 Å². The number of hydrogen-bond acceptors (Lipinski definition) is 3. The molecular weight excluding hydrogens is 326 g/mol. The monoisotopic (exact) mass is 349 g/mol. The van der Waals surface area contributed by atoms with Gasteiger partial charge in [-0.1, -0.05) is 36.9 Å². The Kier molecular flexibility index (Phi) is 5.11. The van der Waals surface area contributed by atoms with Crippen LogP contribution in [0.1, 0.15) is 42.5 Å². The van der Waals surface area contributed by atoms with Crippen molar-refractivity contribution in [3.8, 4) is 0 Å². The highest BCUT2D eigenvalue weighted by molar-refractivity contribution is 6.30. The van der Waals surface area contributed by atoms with Crippen molar-refractivity contribution < 1.29 is 9.59 Å². The van der Waals surface area contributed by atoms with Crippen LogP contribution in [0.25, 0.3) is 0 Å². The second-order valence-corrected chi connectivity index (χ2v) is 7.18. The van der Waals surface area contributed by atoms with Crippen molar-refractivity contribution >= 4 is 23.4 Å². The van der Waals surface area contributed by atoms with Crippen molar-refractivity contribution in [2.24, 2.45) is 5.73 Å². The first-order valence-corrected chi connectivity index (χ1v) is 9.00. The molecule has 0 unspecified atom stereocenters. The molecule has 24 heavy (non-hydrogen) atoms. The van der Waals surface area contributed by atoms with Crippen LogP contribution < -0.4 is 5.73 Å². The number of carbonyl (C=O) groups is 2. The smallest absolute Gasteiger partial charge is 0.253 e. The largest absolute Gasteiger partial charge is 0.368 e. The molecule has 2 amide bonds. The van der Waals surface area contributed by atoms with Crippen LogP contribution in [0.4, 0.5) is 0 Å². The highest BCUT2D eigenvalue weighted by atomic mass is 35.5. The van der Waals surface area contributed by atoms with Crippen molar-refractivity contribution in [3.63, 3.8) is 0 Å². The van der Waals surface area contributed by atoms with E-state index in [1.54, 1.807) is 24.3 Å². The molecule has 1 aromatic carbocycles. The number of nitrogens with zero attached hydrogens (tertiary/aromatic N) is 2. The lowest BCUT2D eigenvalue weighted by molar-refractivity contribution is -0.134. The zero-order valence-electron chi connectivity index (χ0n) is 13.8. The van der Waals surface area contributed by atoms with Gasteiger partial charge in [-0.05, 0) is 31.0 Å². The highest BCUT2D eigenvalue weighted by Gasteiger charge is 2.44. The summed E-state index contributed by atoms with van der Waals surface area (Å²) in [5, 5.41) is 0.564. The van der Waals surface area contributed by atoms with Gasteiger partial charge in [0.15, 0.2) is 0 Å². The summed E-state index contributed by atoms with van der Waals surface area (Å²) in [6, 6.07) is 7.03.